The van der Waals surface area contributed by atoms with Crippen LogP contribution in [0.1, 0.15) is 30.5 Å². The first-order valence-electron chi connectivity index (χ1n) is 6.29. The van der Waals surface area contributed by atoms with Crippen molar-refractivity contribution >= 4 is 11.6 Å². The van der Waals surface area contributed by atoms with Crippen LogP contribution in [0, 0.1) is 18.7 Å². The van der Waals surface area contributed by atoms with Crippen molar-refractivity contribution in [1.29, 1.82) is 0 Å². The van der Waals surface area contributed by atoms with Crippen molar-refractivity contribution in [2.24, 2.45) is 5.92 Å². The largest absolute Gasteiger partial charge is 0.378 e. The molecule has 0 amide bonds. The van der Waals surface area contributed by atoms with E-state index < -0.39 is 0 Å². The lowest BCUT2D eigenvalue weighted by Gasteiger charge is -2.27. The third kappa shape index (κ3) is 2.53. The number of rotatable bonds is 3. The van der Waals surface area contributed by atoms with Gasteiger partial charge in [-0.15, -0.1) is 0 Å². The van der Waals surface area contributed by atoms with E-state index in [0.29, 0.717) is 16.5 Å². The maximum absolute atomic E-state index is 13.5. The molecular weight excluding hydrogens is 253 g/mol. The van der Waals surface area contributed by atoms with Crippen LogP contribution >= 0.6 is 11.6 Å². The molecular formula is C14H19ClFNO. The highest BCUT2D eigenvalue weighted by Crippen LogP contribution is 2.36. The Balaban J connectivity index is 2.35. The minimum atomic E-state index is -0.255. The zero-order valence-electron chi connectivity index (χ0n) is 11.0. The first kappa shape index (κ1) is 13.8. The van der Waals surface area contributed by atoms with E-state index in [1.807, 2.05) is 13.1 Å². The van der Waals surface area contributed by atoms with Crippen molar-refractivity contribution in [2.45, 2.75) is 32.4 Å². The van der Waals surface area contributed by atoms with Gasteiger partial charge in [-0.05, 0) is 44.5 Å². The third-order valence-electron chi connectivity index (χ3n) is 3.79. The predicted molar refractivity (Wildman–Crippen MR) is 71.5 cm³/mol. The molecule has 0 spiro atoms. The van der Waals surface area contributed by atoms with Gasteiger partial charge >= 0.3 is 0 Å². The van der Waals surface area contributed by atoms with Gasteiger partial charge in [0, 0.05) is 23.6 Å². The fourth-order valence-corrected chi connectivity index (χ4v) is 2.97. The molecule has 3 atom stereocenters. The minimum absolute atomic E-state index is 0.106. The van der Waals surface area contributed by atoms with E-state index in [2.05, 4.69) is 12.2 Å². The standard InChI is InChI=1S/C14H19ClFNO/c1-8-6-11(12(15)7-13(8)16)14(17-3)10-4-5-18-9(10)2/h6-7,9-10,14,17H,4-5H2,1-3H3. The monoisotopic (exact) mass is 271 g/mol. The molecule has 100 valence electrons. The molecule has 18 heavy (non-hydrogen) atoms. The Morgan fingerprint density at radius 2 is 2.22 bits per heavy atom. The van der Waals surface area contributed by atoms with E-state index in [1.54, 1.807) is 6.92 Å². The Labute approximate surface area is 112 Å². The molecule has 1 fully saturated rings. The fourth-order valence-electron chi connectivity index (χ4n) is 2.70. The van der Waals surface area contributed by atoms with Crippen LogP contribution in [0.4, 0.5) is 4.39 Å². The summed E-state index contributed by atoms with van der Waals surface area (Å²) in [7, 11) is 1.91. The van der Waals surface area contributed by atoms with Crippen molar-refractivity contribution in [3.8, 4) is 0 Å². The molecule has 1 heterocycles. The van der Waals surface area contributed by atoms with E-state index in [9.17, 15) is 4.39 Å². The van der Waals surface area contributed by atoms with Gasteiger partial charge in [-0.25, -0.2) is 4.39 Å². The molecule has 0 radical (unpaired) electrons. The Hall–Kier alpha value is -0.640. The zero-order valence-corrected chi connectivity index (χ0v) is 11.7. The maximum Gasteiger partial charge on any atom is 0.127 e. The van der Waals surface area contributed by atoms with Gasteiger partial charge in [0.25, 0.3) is 0 Å². The zero-order chi connectivity index (χ0) is 13.3. The number of ether oxygens (including phenoxy) is 1. The Kier molecular flexibility index (Phi) is 4.25. The molecule has 0 saturated carbocycles. The molecule has 1 N–H and O–H groups in total. The molecule has 2 rings (SSSR count). The van der Waals surface area contributed by atoms with Gasteiger partial charge in [-0.3, -0.25) is 0 Å². The average molecular weight is 272 g/mol. The summed E-state index contributed by atoms with van der Waals surface area (Å²) in [4.78, 5) is 0. The van der Waals surface area contributed by atoms with Gasteiger partial charge in [0.15, 0.2) is 0 Å². The number of halogens is 2. The van der Waals surface area contributed by atoms with Crippen LogP contribution < -0.4 is 5.32 Å². The normalized spacial score (nSPS) is 25.4. The lowest BCUT2D eigenvalue weighted by Crippen LogP contribution is -2.29. The number of hydrogen-bond acceptors (Lipinski definition) is 2. The molecule has 3 unspecified atom stereocenters. The summed E-state index contributed by atoms with van der Waals surface area (Å²) in [5.74, 6) is 0.117. The number of nitrogens with one attached hydrogen (secondary N) is 1. The van der Waals surface area contributed by atoms with Crippen LogP contribution in [0.3, 0.4) is 0 Å². The number of hydrogen-bond donors (Lipinski definition) is 1. The summed E-state index contributed by atoms with van der Waals surface area (Å²) in [6, 6.07) is 3.34. The average Bonchev–Trinajstić information content (AvgIpc) is 2.73. The lowest BCUT2D eigenvalue weighted by molar-refractivity contribution is 0.0963. The smallest absolute Gasteiger partial charge is 0.127 e. The van der Waals surface area contributed by atoms with Crippen LogP contribution in [-0.2, 0) is 4.74 Å². The Morgan fingerprint density at radius 3 is 2.78 bits per heavy atom. The van der Waals surface area contributed by atoms with Crippen molar-refractivity contribution in [3.63, 3.8) is 0 Å². The Morgan fingerprint density at radius 1 is 1.50 bits per heavy atom. The highest BCUT2D eigenvalue weighted by molar-refractivity contribution is 6.31. The summed E-state index contributed by atoms with van der Waals surface area (Å²) in [6.07, 6.45) is 1.20. The molecule has 1 aliphatic rings. The van der Waals surface area contributed by atoms with Crippen molar-refractivity contribution in [1.82, 2.24) is 5.32 Å². The third-order valence-corrected chi connectivity index (χ3v) is 4.11. The summed E-state index contributed by atoms with van der Waals surface area (Å²) in [5, 5.41) is 3.77. The molecule has 1 saturated heterocycles. The minimum Gasteiger partial charge on any atom is -0.378 e. The van der Waals surface area contributed by atoms with Crippen molar-refractivity contribution in [3.05, 3.63) is 34.1 Å². The second-order valence-corrected chi connectivity index (χ2v) is 5.32. The summed E-state index contributed by atoms with van der Waals surface area (Å²) in [6.45, 7) is 4.62. The highest BCUT2D eigenvalue weighted by Gasteiger charge is 2.33. The second kappa shape index (κ2) is 5.55. The topological polar surface area (TPSA) is 21.3 Å². The van der Waals surface area contributed by atoms with Crippen LogP contribution in [0.5, 0.6) is 0 Å². The van der Waals surface area contributed by atoms with E-state index in [-0.39, 0.29) is 18.0 Å². The lowest BCUT2D eigenvalue weighted by atomic mass is 9.87. The second-order valence-electron chi connectivity index (χ2n) is 4.92. The van der Waals surface area contributed by atoms with Crippen molar-refractivity contribution in [2.75, 3.05) is 13.7 Å². The number of benzene rings is 1. The van der Waals surface area contributed by atoms with Crippen LogP contribution in [0.25, 0.3) is 0 Å². The molecule has 1 aromatic carbocycles. The highest BCUT2D eigenvalue weighted by atomic mass is 35.5. The SMILES string of the molecule is CNC(c1cc(C)c(F)cc1Cl)C1CCOC1C. The van der Waals surface area contributed by atoms with E-state index in [4.69, 9.17) is 16.3 Å². The first-order valence-corrected chi connectivity index (χ1v) is 6.66. The summed E-state index contributed by atoms with van der Waals surface area (Å²) >= 11 is 6.18. The van der Waals surface area contributed by atoms with Gasteiger partial charge in [-0.1, -0.05) is 17.7 Å². The quantitative estimate of drug-likeness (QED) is 0.909. The van der Waals surface area contributed by atoms with Crippen LogP contribution in [0.15, 0.2) is 12.1 Å². The molecule has 4 heteroatoms. The molecule has 0 aliphatic carbocycles. The first-order chi connectivity index (χ1) is 8.54. The van der Waals surface area contributed by atoms with Gasteiger partial charge < -0.3 is 10.1 Å². The Bertz CT molecular complexity index is 438. The van der Waals surface area contributed by atoms with Crippen molar-refractivity contribution < 1.29 is 9.13 Å². The van der Waals surface area contributed by atoms with Crippen LogP contribution in [0.2, 0.25) is 5.02 Å². The van der Waals surface area contributed by atoms with E-state index >= 15 is 0 Å². The molecule has 1 aliphatic heterocycles. The number of aryl methyl sites for hydroxylation is 1. The molecule has 0 bridgehead atoms. The summed E-state index contributed by atoms with van der Waals surface area (Å²) in [5.41, 5.74) is 1.58. The maximum atomic E-state index is 13.5. The van der Waals surface area contributed by atoms with Gasteiger partial charge in [0.1, 0.15) is 5.82 Å². The fraction of sp³-hybridized carbons (Fsp3) is 0.571. The molecule has 0 aromatic heterocycles. The van der Waals surface area contributed by atoms with Crippen LogP contribution in [-0.4, -0.2) is 19.8 Å². The molecule has 1 aromatic rings. The predicted octanol–water partition coefficient (Wildman–Crippen LogP) is 3.47. The van der Waals surface area contributed by atoms with E-state index in [1.165, 1.54) is 6.07 Å². The van der Waals surface area contributed by atoms with Gasteiger partial charge in [0.05, 0.1) is 6.10 Å². The van der Waals surface area contributed by atoms with Gasteiger partial charge in [-0.2, -0.15) is 0 Å². The van der Waals surface area contributed by atoms with E-state index in [0.717, 1.165) is 18.6 Å². The molecule has 2 nitrogen and oxygen atoms in total. The van der Waals surface area contributed by atoms with Gasteiger partial charge in [0.2, 0.25) is 0 Å². The summed E-state index contributed by atoms with van der Waals surface area (Å²) < 4.78 is 19.1.